The van der Waals surface area contributed by atoms with E-state index in [-0.39, 0.29) is 6.10 Å². The van der Waals surface area contributed by atoms with Crippen LogP contribution in [0.3, 0.4) is 0 Å². The Bertz CT molecular complexity index is 418. The van der Waals surface area contributed by atoms with E-state index in [2.05, 4.69) is 9.80 Å². The van der Waals surface area contributed by atoms with Crippen molar-refractivity contribution in [1.29, 1.82) is 0 Å². The molecule has 116 valence electrons. The summed E-state index contributed by atoms with van der Waals surface area (Å²) in [6, 6.07) is 10.4. The van der Waals surface area contributed by atoms with E-state index in [1.807, 2.05) is 30.3 Å². The molecule has 0 amide bonds. The summed E-state index contributed by atoms with van der Waals surface area (Å²) < 4.78 is 5.76. The van der Waals surface area contributed by atoms with Crippen molar-refractivity contribution in [1.82, 2.24) is 9.80 Å². The first-order valence-electron chi connectivity index (χ1n) is 8.15. The molecule has 2 fully saturated rings. The van der Waals surface area contributed by atoms with Gasteiger partial charge >= 0.3 is 0 Å². The highest BCUT2D eigenvalue weighted by Crippen LogP contribution is 2.24. The molecule has 1 saturated carbocycles. The summed E-state index contributed by atoms with van der Waals surface area (Å²) in [5.41, 5.74) is 0. The minimum Gasteiger partial charge on any atom is -0.492 e. The second-order valence-corrected chi connectivity index (χ2v) is 6.10. The van der Waals surface area contributed by atoms with Crippen LogP contribution in [0.2, 0.25) is 0 Å². The first kappa shape index (κ1) is 14.8. The fourth-order valence-corrected chi connectivity index (χ4v) is 3.47. The number of benzene rings is 1. The average Bonchev–Trinajstić information content (AvgIpc) is 2.95. The first-order valence-corrected chi connectivity index (χ1v) is 8.15. The lowest BCUT2D eigenvalue weighted by molar-refractivity contribution is 0.0325. The van der Waals surface area contributed by atoms with Gasteiger partial charge in [-0.3, -0.25) is 9.80 Å². The fraction of sp³-hybridized carbons (Fsp3) is 0.647. The van der Waals surface area contributed by atoms with Crippen molar-refractivity contribution in [3.63, 3.8) is 0 Å². The van der Waals surface area contributed by atoms with Crippen LogP contribution in [0.25, 0.3) is 0 Å². The lowest BCUT2D eigenvalue weighted by atomic mass is 10.1. The molecule has 0 aromatic heterocycles. The van der Waals surface area contributed by atoms with Crippen molar-refractivity contribution in [2.24, 2.45) is 0 Å². The number of hydrogen-bond donors (Lipinski definition) is 1. The number of piperazine rings is 1. The van der Waals surface area contributed by atoms with Crippen molar-refractivity contribution < 1.29 is 9.84 Å². The van der Waals surface area contributed by atoms with E-state index in [0.29, 0.717) is 6.04 Å². The molecule has 4 nitrogen and oxygen atoms in total. The summed E-state index contributed by atoms with van der Waals surface area (Å²) in [4.78, 5) is 4.94. The summed E-state index contributed by atoms with van der Waals surface area (Å²) in [7, 11) is 0. The van der Waals surface area contributed by atoms with E-state index in [1.165, 1.54) is 6.42 Å². The van der Waals surface area contributed by atoms with Gasteiger partial charge in [0.1, 0.15) is 12.4 Å². The topological polar surface area (TPSA) is 35.9 Å². The van der Waals surface area contributed by atoms with Crippen LogP contribution in [0.4, 0.5) is 0 Å². The van der Waals surface area contributed by atoms with E-state index in [0.717, 1.165) is 57.9 Å². The molecule has 21 heavy (non-hydrogen) atoms. The molecule has 1 aliphatic heterocycles. The molecular weight excluding hydrogens is 264 g/mol. The Kier molecular flexibility index (Phi) is 5.12. The van der Waals surface area contributed by atoms with Gasteiger partial charge in [-0.25, -0.2) is 0 Å². The molecule has 1 N–H and O–H groups in total. The SMILES string of the molecule is O[C@H]1CCC[C@@H]1N1CCN(CCOc2ccccc2)CC1. The van der Waals surface area contributed by atoms with Gasteiger partial charge in [0.25, 0.3) is 0 Å². The lowest BCUT2D eigenvalue weighted by Gasteiger charge is -2.39. The number of nitrogens with zero attached hydrogens (tertiary/aromatic N) is 2. The van der Waals surface area contributed by atoms with Crippen LogP contribution in [-0.2, 0) is 0 Å². The third-order valence-corrected chi connectivity index (χ3v) is 4.74. The highest BCUT2D eigenvalue weighted by molar-refractivity contribution is 5.20. The van der Waals surface area contributed by atoms with Gasteiger partial charge in [0.05, 0.1) is 6.10 Å². The zero-order valence-corrected chi connectivity index (χ0v) is 12.7. The summed E-state index contributed by atoms with van der Waals surface area (Å²) in [6.45, 7) is 6.05. The Hall–Kier alpha value is -1.10. The number of para-hydroxylation sites is 1. The lowest BCUT2D eigenvalue weighted by Crippen LogP contribution is -2.52. The molecule has 0 spiro atoms. The summed E-state index contributed by atoms with van der Waals surface area (Å²) in [5, 5.41) is 10.00. The van der Waals surface area contributed by atoms with Crippen LogP contribution in [-0.4, -0.2) is 66.4 Å². The molecule has 0 bridgehead atoms. The Morgan fingerprint density at radius 3 is 2.48 bits per heavy atom. The molecule has 0 radical (unpaired) electrons. The predicted molar refractivity (Wildman–Crippen MR) is 83.6 cm³/mol. The molecule has 2 atom stereocenters. The van der Waals surface area contributed by atoms with Crippen molar-refractivity contribution in [3.8, 4) is 5.75 Å². The van der Waals surface area contributed by atoms with Gasteiger partial charge in [0, 0.05) is 38.8 Å². The monoisotopic (exact) mass is 290 g/mol. The van der Waals surface area contributed by atoms with Crippen molar-refractivity contribution >= 4 is 0 Å². The fourth-order valence-electron chi connectivity index (χ4n) is 3.47. The Morgan fingerprint density at radius 1 is 1.05 bits per heavy atom. The van der Waals surface area contributed by atoms with Gasteiger partial charge in [0.15, 0.2) is 0 Å². The van der Waals surface area contributed by atoms with Crippen LogP contribution in [0.5, 0.6) is 5.75 Å². The van der Waals surface area contributed by atoms with Crippen LogP contribution in [0, 0.1) is 0 Å². The van der Waals surface area contributed by atoms with Crippen molar-refractivity contribution in [2.75, 3.05) is 39.3 Å². The first-order chi connectivity index (χ1) is 10.3. The maximum absolute atomic E-state index is 10.00. The average molecular weight is 290 g/mol. The van der Waals surface area contributed by atoms with Crippen LogP contribution >= 0.6 is 0 Å². The minimum absolute atomic E-state index is 0.0991. The van der Waals surface area contributed by atoms with Crippen LogP contribution in [0.1, 0.15) is 19.3 Å². The van der Waals surface area contributed by atoms with Gasteiger partial charge < -0.3 is 9.84 Å². The van der Waals surface area contributed by atoms with Crippen molar-refractivity contribution in [2.45, 2.75) is 31.4 Å². The predicted octanol–water partition coefficient (Wildman–Crippen LogP) is 1.60. The third-order valence-electron chi connectivity index (χ3n) is 4.74. The van der Waals surface area contributed by atoms with Gasteiger partial charge in [-0.2, -0.15) is 0 Å². The largest absolute Gasteiger partial charge is 0.492 e. The normalized spacial score (nSPS) is 27.9. The maximum Gasteiger partial charge on any atom is 0.119 e. The zero-order valence-electron chi connectivity index (χ0n) is 12.7. The standard InChI is InChI=1S/C17H26N2O2/c20-17-8-4-7-16(17)19-11-9-18(10-12-19)13-14-21-15-5-2-1-3-6-15/h1-3,5-6,16-17,20H,4,7-14H2/t16-,17-/m0/s1. The van der Waals surface area contributed by atoms with E-state index < -0.39 is 0 Å². The van der Waals surface area contributed by atoms with Gasteiger partial charge in [-0.05, 0) is 31.4 Å². The number of rotatable bonds is 5. The third kappa shape index (κ3) is 3.96. The molecule has 1 heterocycles. The zero-order chi connectivity index (χ0) is 14.5. The summed E-state index contributed by atoms with van der Waals surface area (Å²) in [6.07, 6.45) is 3.23. The maximum atomic E-state index is 10.00. The molecule has 1 aliphatic carbocycles. The molecule has 1 saturated heterocycles. The quantitative estimate of drug-likeness (QED) is 0.893. The van der Waals surface area contributed by atoms with Crippen LogP contribution < -0.4 is 4.74 Å². The Morgan fingerprint density at radius 2 is 1.81 bits per heavy atom. The molecule has 1 aromatic rings. The molecular formula is C17H26N2O2. The van der Waals surface area contributed by atoms with E-state index >= 15 is 0 Å². The summed E-state index contributed by atoms with van der Waals surface area (Å²) in [5.74, 6) is 0.949. The van der Waals surface area contributed by atoms with Crippen LogP contribution in [0.15, 0.2) is 30.3 Å². The smallest absolute Gasteiger partial charge is 0.119 e. The Labute approximate surface area is 127 Å². The second kappa shape index (κ2) is 7.25. The number of hydrogen-bond acceptors (Lipinski definition) is 4. The number of aliphatic hydroxyl groups excluding tert-OH is 1. The molecule has 4 heteroatoms. The molecule has 0 unspecified atom stereocenters. The summed E-state index contributed by atoms with van der Waals surface area (Å²) >= 11 is 0. The van der Waals surface area contributed by atoms with E-state index in [1.54, 1.807) is 0 Å². The number of ether oxygens (including phenoxy) is 1. The molecule has 1 aromatic carbocycles. The molecule has 3 rings (SSSR count). The highest BCUT2D eigenvalue weighted by atomic mass is 16.5. The number of aliphatic hydroxyl groups is 1. The Balaban J connectivity index is 1.36. The van der Waals surface area contributed by atoms with Gasteiger partial charge in [0.2, 0.25) is 0 Å². The minimum atomic E-state index is -0.0991. The highest BCUT2D eigenvalue weighted by Gasteiger charge is 2.32. The van der Waals surface area contributed by atoms with E-state index in [9.17, 15) is 5.11 Å². The van der Waals surface area contributed by atoms with E-state index in [4.69, 9.17) is 4.74 Å². The second-order valence-electron chi connectivity index (χ2n) is 6.10. The van der Waals surface area contributed by atoms with Crippen molar-refractivity contribution in [3.05, 3.63) is 30.3 Å². The van der Waals surface area contributed by atoms with Gasteiger partial charge in [-0.1, -0.05) is 18.2 Å². The van der Waals surface area contributed by atoms with Gasteiger partial charge in [-0.15, -0.1) is 0 Å². The molecule has 2 aliphatic rings.